The van der Waals surface area contributed by atoms with Crippen LogP contribution < -0.4 is 0 Å². The summed E-state index contributed by atoms with van der Waals surface area (Å²) in [6.45, 7) is 0. The van der Waals surface area contributed by atoms with Crippen LogP contribution in [0, 0.1) is 15.2 Å². The summed E-state index contributed by atoms with van der Waals surface area (Å²) in [5.41, 5.74) is 0.176. The molecule has 0 bridgehead atoms. The van der Waals surface area contributed by atoms with E-state index in [-0.39, 0.29) is 5.56 Å². The molecule has 2 rings (SSSR count). The lowest BCUT2D eigenvalue weighted by Gasteiger charge is -2.03. The van der Waals surface area contributed by atoms with E-state index in [1.54, 1.807) is 12.1 Å². The van der Waals surface area contributed by atoms with Crippen LogP contribution in [-0.2, 0) is 0 Å². The molecule has 14 heavy (non-hydrogen) atoms. The Balaban J connectivity index is 2.69. The molecule has 0 amide bonds. The van der Waals surface area contributed by atoms with E-state index >= 15 is 0 Å². The van der Waals surface area contributed by atoms with Crippen LogP contribution in [-0.4, -0.2) is 0 Å². The summed E-state index contributed by atoms with van der Waals surface area (Å²) in [5, 5.41) is 0. The highest BCUT2D eigenvalue weighted by Gasteiger charge is 2.15. The van der Waals surface area contributed by atoms with Crippen LogP contribution in [0.25, 0.3) is 11.3 Å². The fourth-order valence-electron chi connectivity index (χ4n) is 1.17. The van der Waals surface area contributed by atoms with E-state index in [0.29, 0.717) is 9.33 Å². The fourth-order valence-corrected chi connectivity index (χ4v) is 1.86. The van der Waals surface area contributed by atoms with Gasteiger partial charge in [-0.1, -0.05) is 0 Å². The normalized spacial score (nSPS) is 10.5. The van der Waals surface area contributed by atoms with E-state index in [1.165, 1.54) is 12.3 Å². The van der Waals surface area contributed by atoms with Crippen molar-refractivity contribution in [3.8, 4) is 11.3 Å². The van der Waals surface area contributed by atoms with Gasteiger partial charge in [-0.05, 0) is 46.9 Å². The van der Waals surface area contributed by atoms with Crippen molar-refractivity contribution in [2.45, 2.75) is 0 Å². The standard InChI is InChI=1S/C10H5F2IO/c11-6-3-4-7(13)9(10(6)12)8-2-1-5-14-8/h1-5H. The minimum atomic E-state index is -0.869. The number of hydrogen-bond acceptors (Lipinski definition) is 1. The van der Waals surface area contributed by atoms with Gasteiger partial charge in [0.05, 0.1) is 11.8 Å². The Morgan fingerprint density at radius 2 is 1.93 bits per heavy atom. The summed E-state index contributed by atoms with van der Waals surface area (Å²) >= 11 is 1.94. The summed E-state index contributed by atoms with van der Waals surface area (Å²) in [4.78, 5) is 0. The summed E-state index contributed by atoms with van der Waals surface area (Å²) in [6, 6.07) is 5.84. The predicted molar refractivity (Wildman–Crippen MR) is 56.8 cm³/mol. The second-order valence-corrected chi connectivity index (χ2v) is 3.86. The van der Waals surface area contributed by atoms with Gasteiger partial charge in [-0.3, -0.25) is 0 Å². The quantitative estimate of drug-likeness (QED) is 0.576. The van der Waals surface area contributed by atoms with Gasteiger partial charge in [-0.2, -0.15) is 0 Å². The van der Waals surface area contributed by atoms with Crippen LogP contribution in [0.1, 0.15) is 0 Å². The maximum Gasteiger partial charge on any atom is 0.170 e. The lowest BCUT2D eigenvalue weighted by molar-refractivity contribution is 0.503. The first-order chi connectivity index (χ1) is 6.70. The summed E-state index contributed by atoms with van der Waals surface area (Å²) in [7, 11) is 0. The molecule has 0 saturated heterocycles. The molecule has 0 fully saturated rings. The Morgan fingerprint density at radius 1 is 1.14 bits per heavy atom. The molecule has 0 saturated carbocycles. The molecule has 0 aliphatic carbocycles. The molecular weight excluding hydrogens is 301 g/mol. The third-order valence-electron chi connectivity index (χ3n) is 1.81. The minimum Gasteiger partial charge on any atom is -0.464 e. The second-order valence-electron chi connectivity index (χ2n) is 2.70. The number of furan rings is 1. The van der Waals surface area contributed by atoms with Gasteiger partial charge in [0.15, 0.2) is 11.6 Å². The van der Waals surface area contributed by atoms with Crippen LogP contribution in [0.15, 0.2) is 34.9 Å². The topological polar surface area (TPSA) is 13.1 Å². The average Bonchev–Trinajstić information content (AvgIpc) is 2.65. The van der Waals surface area contributed by atoms with Crippen LogP contribution in [0.5, 0.6) is 0 Å². The largest absolute Gasteiger partial charge is 0.464 e. The van der Waals surface area contributed by atoms with Crippen molar-refractivity contribution in [1.82, 2.24) is 0 Å². The Hall–Kier alpha value is -0.910. The molecular formula is C10H5F2IO. The molecule has 1 nitrogen and oxygen atoms in total. The molecule has 4 heteroatoms. The maximum atomic E-state index is 13.4. The molecule has 1 heterocycles. The van der Waals surface area contributed by atoms with Gasteiger partial charge in [0, 0.05) is 3.57 Å². The van der Waals surface area contributed by atoms with Crippen molar-refractivity contribution in [1.29, 1.82) is 0 Å². The van der Waals surface area contributed by atoms with E-state index in [0.717, 1.165) is 6.07 Å². The second kappa shape index (κ2) is 3.68. The van der Waals surface area contributed by atoms with Crippen LogP contribution in [0.2, 0.25) is 0 Å². The van der Waals surface area contributed by atoms with Gasteiger partial charge in [0.1, 0.15) is 5.76 Å². The first kappa shape index (κ1) is 9.64. The zero-order valence-corrected chi connectivity index (χ0v) is 9.09. The third kappa shape index (κ3) is 1.54. The highest BCUT2D eigenvalue weighted by molar-refractivity contribution is 14.1. The van der Waals surface area contributed by atoms with Gasteiger partial charge in [0.2, 0.25) is 0 Å². The lowest BCUT2D eigenvalue weighted by Crippen LogP contribution is -1.91. The monoisotopic (exact) mass is 306 g/mol. The minimum absolute atomic E-state index is 0.176. The van der Waals surface area contributed by atoms with E-state index in [1.807, 2.05) is 22.6 Å². The summed E-state index contributed by atoms with van der Waals surface area (Å²) in [5.74, 6) is -1.39. The molecule has 72 valence electrons. The van der Waals surface area contributed by atoms with E-state index in [2.05, 4.69) is 0 Å². The Labute approximate surface area is 92.9 Å². The average molecular weight is 306 g/mol. The third-order valence-corrected chi connectivity index (χ3v) is 2.71. The molecule has 0 spiro atoms. The Kier molecular flexibility index (Phi) is 2.54. The van der Waals surface area contributed by atoms with Crippen molar-refractivity contribution in [2.75, 3.05) is 0 Å². The summed E-state index contributed by atoms with van der Waals surface area (Å²) < 4.78 is 32.0. The Morgan fingerprint density at radius 3 is 2.57 bits per heavy atom. The van der Waals surface area contributed by atoms with Gasteiger partial charge in [-0.25, -0.2) is 8.78 Å². The predicted octanol–water partition coefficient (Wildman–Crippen LogP) is 3.83. The molecule has 0 aliphatic rings. The van der Waals surface area contributed by atoms with Gasteiger partial charge in [0.25, 0.3) is 0 Å². The van der Waals surface area contributed by atoms with Crippen molar-refractivity contribution in [3.05, 3.63) is 45.7 Å². The molecule has 0 aliphatic heterocycles. The molecule has 0 atom stereocenters. The van der Waals surface area contributed by atoms with Gasteiger partial charge >= 0.3 is 0 Å². The summed E-state index contributed by atoms with van der Waals surface area (Å²) in [6.07, 6.45) is 1.43. The van der Waals surface area contributed by atoms with E-state index < -0.39 is 11.6 Å². The molecule has 0 N–H and O–H groups in total. The zero-order chi connectivity index (χ0) is 10.1. The molecule has 2 aromatic rings. The maximum absolute atomic E-state index is 13.4. The molecule has 1 aromatic heterocycles. The van der Waals surface area contributed by atoms with E-state index in [4.69, 9.17) is 4.42 Å². The number of hydrogen-bond donors (Lipinski definition) is 0. The molecule has 0 radical (unpaired) electrons. The molecule has 1 aromatic carbocycles. The van der Waals surface area contributed by atoms with Crippen molar-refractivity contribution in [3.63, 3.8) is 0 Å². The zero-order valence-electron chi connectivity index (χ0n) is 6.93. The van der Waals surface area contributed by atoms with Crippen molar-refractivity contribution in [2.24, 2.45) is 0 Å². The number of halogens is 3. The van der Waals surface area contributed by atoms with Gasteiger partial charge < -0.3 is 4.42 Å². The highest BCUT2D eigenvalue weighted by Crippen LogP contribution is 2.29. The van der Waals surface area contributed by atoms with Crippen LogP contribution in [0.4, 0.5) is 8.78 Å². The number of benzene rings is 1. The Bertz CT molecular complexity index is 451. The van der Waals surface area contributed by atoms with Crippen molar-refractivity contribution >= 4 is 22.6 Å². The van der Waals surface area contributed by atoms with Crippen molar-refractivity contribution < 1.29 is 13.2 Å². The first-order valence-corrected chi connectivity index (χ1v) is 4.95. The number of rotatable bonds is 1. The van der Waals surface area contributed by atoms with E-state index in [9.17, 15) is 8.78 Å². The highest BCUT2D eigenvalue weighted by atomic mass is 127. The smallest absolute Gasteiger partial charge is 0.170 e. The fraction of sp³-hybridized carbons (Fsp3) is 0. The molecule has 0 unspecified atom stereocenters. The van der Waals surface area contributed by atoms with Crippen LogP contribution >= 0.6 is 22.6 Å². The first-order valence-electron chi connectivity index (χ1n) is 3.87. The van der Waals surface area contributed by atoms with Crippen LogP contribution in [0.3, 0.4) is 0 Å². The SMILES string of the molecule is Fc1ccc(I)c(-c2ccco2)c1F. The lowest BCUT2D eigenvalue weighted by atomic mass is 10.1. The van der Waals surface area contributed by atoms with Gasteiger partial charge in [-0.15, -0.1) is 0 Å².